The lowest BCUT2D eigenvalue weighted by atomic mass is 10.1. The van der Waals surface area contributed by atoms with Crippen LogP contribution in [0.5, 0.6) is 0 Å². The molecule has 128 valence electrons. The summed E-state index contributed by atoms with van der Waals surface area (Å²) in [5, 5.41) is 0. The van der Waals surface area contributed by atoms with Gasteiger partial charge in [-0.2, -0.15) is 0 Å². The van der Waals surface area contributed by atoms with Crippen LogP contribution in [0.1, 0.15) is 6.42 Å². The second-order valence-electron chi connectivity index (χ2n) is 6.40. The maximum absolute atomic E-state index is 14.2. The number of imidazole rings is 1. The largest absolute Gasteiger partial charge is 0.378 e. The van der Waals surface area contributed by atoms with Gasteiger partial charge in [0, 0.05) is 26.6 Å². The zero-order valence-corrected chi connectivity index (χ0v) is 13.7. The van der Waals surface area contributed by atoms with Gasteiger partial charge in [0.2, 0.25) is 11.9 Å². The molecule has 1 aromatic heterocycles. The number of benzene rings is 1. The summed E-state index contributed by atoms with van der Waals surface area (Å²) in [6.45, 7) is 2.44. The van der Waals surface area contributed by atoms with Gasteiger partial charge in [-0.1, -0.05) is 12.1 Å². The lowest BCUT2D eigenvalue weighted by Crippen LogP contribution is -2.50. The molecule has 2 aromatic rings. The van der Waals surface area contributed by atoms with E-state index in [0.29, 0.717) is 32.3 Å². The highest BCUT2D eigenvalue weighted by atomic mass is 19.1. The maximum Gasteiger partial charge on any atom is 0.245 e. The predicted molar refractivity (Wildman–Crippen MR) is 88.8 cm³/mol. The highest BCUT2D eigenvalue weighted by Crippen LogP contribution is 2.30. The number of ether oxygens (including phenoxy) is 1. The third-order valence-electron chi connectivity index (χ3n) is 4.88. The number of alkyl halides is 1. The predicted octanol–water partition coefficient (Wildman–Crippen LogP) is 1.35. The molecular weight excluding hydrogens is 311 g/mol. The molecule has 2 atom stereocenters. The van der Waals surface area contributed by atoms with Crippen molar-refractivity contribution in [1.82, 2.24) is 14.5 Å². The number of amides is 1. The molecule has 0 saturated carbocycles. The number of para-hydroxylation sites is 2. The van der Waals surface area contributed by atoms with Crippen LogP contribution in [0.2, 0.25) is 0 Å². The molecule has 2 saturated heterocycles. The van der Waals surface area contributed by atoms with Crippen molar-refractivity contribution in [2.75, 3.05) is 37.7 Å². The first-order valence-electron chi connectivity index (χ1n) is 8.34. The molecule has 2 aliphatic rings. The molecule has 6 nitrogen and oxygen atoms in total. The Labute approximate surface area is 139 Å². The summed E-state index contributed by atoms with van der Waals surface area (Å²) in [7, 11) is 1.91. The Kier molecular flexibility index (Phi) is 3.88. The molecular formula is C17H21FN4O2. The lowest BCUT2D eigenvalue weighted by molar-refractivity contribution is -0.136. The number of carbonyl (C=O) groups excluding carboxylic acids is 1. The van der Waals surface area contributed by atoms with E-state index < -0.39 is 12.2 Å². The summed E-state index contributed by atoms with van der Waals surface area (Å²) in [5.41, 5.74) is 1.84. The van der Waals surface area contributed by atoms with Crippen LogP contribution < -0.4 is 4.90 Å². The Morgan fingerprint density at radius 1 is 1.29 bits per heavy atom. The topological polar surface area (TPSA) is 50.6 Å². The molecule has 0 bridgehead atoms. The van der Waals surface area contributed by atoms with Gasteiger partial charge < -0.3 is 19.1 Å². The second-order valence-corrected chi connectivity index (χ2v) is 6.40. The minimum Gasteiger partial charge on any atom is -0.378 e. The molecule has 4 rings (SSSR count). The number of anilines is 1. The number of aromatic nitrogens is 2. The van der Waals surface area contributed by atoms with Crippen molar-refractivity contribution in [1.29, 1.82) is 0 Å². The number of halogens is 1. The number of rotatable bonds is 2. The van der Waals surface area contributed by atoms with Gasteiger partial charge in [-0.25, -0.2) is 9.37 Å². The van der Waals surface area contributed by atoms with E-state index in [1.807, 2.05) is 40.8 Å². The zero-order chi connectivity index (χ0) is 16.7. The Morgan fingerprint density at radius 3 is 2.79 bits per heavy atom. The molecule has 2 fully saturated rings. The average Bonchev–Trinajstić information content (AvgIpc) is 3.16. The van der Waals surface area contributed by atoms with Crippen LogP contribution in [-0.4, -0.2) is 65.4 Å². The van der Waals surface area contributed by atoms with Crippen LogP contribution in [0.15, 0.2) is 24.3 Å². The van der Waals surface area contributed by atoms with Gasteiger partial charge in [-0.05, 0) is 12.1 Å². The van der Waals surface area contributed by atoms with Crippen molar-refractivity contribution in [3.8, 4) is 0 Å². The SMILES string of the molecule is Cn1c(N2C[C@H](F)C[C@H]2C(=O)N2CCOCC2)nc2ccccc21. The first-order chi connectivity index (χ1) is 11.6. The standard InChI is InChI=1S/C17H21FN4O2/c1-20-14-5-3-2-4-13(14)19-17(20)22-11-12(18)10-15(22)16(23)21-6-8-24-9-7-21/h2-5,12,15H,6-11H2,1H3/t12-,15+/m1/s1. The fraction of sp³-hybridized carbons (Fsp3) is 0.529. The molecule has 0 spiro atoms. The van der Waals surface area contributed by atoms with Gasteiger partial charge in [0.1, 0.15) is 12.2 Å². The van der Waals surface area contributed by atoms with Crippen molar-refractivity contribution in [3.05, 3.63) is 24.3 Å². The van der Waals surface area contributed by atoms with E-state index in [0.717, 1.165) is 11.0 Å². The van der Waals surface area contributed by atoms with Gasteiger partial charge in [-0.3, -0.25) is 4.79 Å². The zero-order valence-electron chi connectivity index (χ0n) is 13.7. The molecule has 24 heavy (non-hydrogen) atoms. The van der Waals surface area contributed by atoms with E-state index in [-0.39, 0.29) is 18.9 Å². The highest BCUT2D eigenvalue weighted by Gasteiger charge is 2.41. The summed E-state index contributed by atoms with van der Waals surface area (Å²) < 4.78 is 21.4. The molecule has 1 amide bonds. The fourth-order valence-corrected chi connectivity index (χ4v) is 3.62. The van der Waals surface area contributed by atoms with Crippen molar-refractivity contribution >= 4 is 22.9 Å². The van der Waals surface area contributed by atoms with E-state index >= 15 is 0 Å². The van der Waals surface area contributed by atoms with E-state index in [9.17, 15) is 9.18 Å². The van der Waals surface area contributed by atoms with E-state index in [1.54, 1.807) is 4.90 Å². The normalized spacial score (nSPS) is 24.8. The molecule has 1 aromatic carbocycles. The van der Waals surface area contributed by atoms with E-state index in [4.69, 9.17) is 4.74 Å². The van der Waals surface area contributed by atoms with Gasteiger partial charge in [0.05, 0.1) is 30.8 Å². The van der Waals surface area contributed by atoms with Crippen molar-refractivity contribution in [2.24, 2.45) is 7.05 Å². The first kappa shape index (κ1) is 15.4. The summed E-state index contributed by atoms with van der Waals surface area (Å²) in [6.07, 6.45) is -0.792. The molecule has 0 aliphatic carbocycles. The first-order valence-corrected chi connectivity index (χ1v) is 8.34. The highest BCUT2D eigenvalue weighted by molar-refractivity contribution is 5.87. The third-order valence-corrected chi connectivity index (χ3v) is 4.88. The molecule has 0 N–H and O–H groups in total. The van der Waals surface area contributed by atoms with Gasteiger partial charge in [0.25, 0.3) is 0 Å². The number of hydrogen-bond donors (Lipinski definition) is 0. The van der Waals surface area contributed by atoms with Crippen molar-refractivity contribution < 1.29 is 13.9 Å². The minimum absolute atomic E-state index is 0.0227. The number of nitrogens with zero attached hydrogens (tertiary/aromatic N) is 4. The monoisotopic (exact) mass is 332 g/mol. The molecule has 7 heteroatoms. The van der Waals surface area contributed by atoms with Gasteiger partial charge in [0.15, 0.2) is 0 Å². The summed E-state index contributed by atoms with van der Waals surface area (Å²) in [4.78, 5) is 21.1. The lowest BCUT2D eigenvalue weighted by Gasteiger charge is -2.32. The third kappa shape index (κ3) is 2.53. The van der Waals surface area contributed by atoms with E-state index in [2.05, 4.69) is 4.98 Å². The maximum atomic E-state index is 14.2. The smallest absolute Gasteiger partial charge is 0.245 e. The minimum atomic E-state index is -1.01. The van der Waals surface area contributed by atoms with Crippen LogP contribution in [0, 0.1) is 0 Å². The number of morpholine rings is 1. The van der Waals surface area contributed by atoms with Crippen LogP contribution >= 0.6 is 0 Å². The summed E-state index contributed by atoms with van der Waals surface area (Å²) in [5.74, 6) is 0.633. The molecule has 0 unspecified atom stereocenters. The summed E-state index contributed by atoms with van der Waals surface area (Å²) in [6, 6.07) is 7.30. The molecule has 3 heterocycles. The Bertz CT molecular complexity index is 756. The van der Waals surface area contributed by atoms with Crippen LogP contribution in [0.25, 0.3) is 11.0 Å². The van der Waals surface area contributed by atoms with Crippen LogP contribution in [0.4, 0.5) is 10.3 Å². The fourth-order valence-electron chi connectivity index (χ4n) is 3.62. The van der Waals surface area contributed by atoms with Crippen molar-refractivity contribution in [2.45, 2.75) is 18.6 Å². The Hall–Kier alpha value is -2.15. The van der Waals surface area contributed by atoms with E-state index in [1.165, 1.54) is 0 Å². The average molecular weight is 332 g/mol. The number of fused-ring (bicyclic) bond motifs is 1. The quantitative estimate of drug-likeness (QED) is 0.833. The molecule has 0 radical (unpaired) electrons. The van der Waals surface area contributed by atoms with Crippen LogP contribution in [-0.2, 0) is 16.6 Å². The number of aryl methyl sites for hydroxylation is 1. The molecule has 2 aliphatic heterocycles. The Balaban J connectivity index is 1.66. The second kappa shape index (κ2) is 6.05. The Morgan fingerprint density at radius 2 is 2.04 bits per heavy atom. The number of hydrogen-bond acceptors (Lipinski definition) is 4. The van der Waals surface area contributed by atoms with Crippen molar-refractivity contribution in [3.63, 3.8) is 0 Å². The number of carbonyl (C=O) groups is 1. The van der Waals surface area contributed by atoms with Gasteiger partial charge >= 0.3 is 0 Å². The van der Waals surface area contributed by atoms with Gasteiger partial charge in [-0.15, -0.1) is 0 Å². The van der Waals surface area contributed by atoms with Crippen LogP contribution in [0.3, 0.4) is 0 Å². The summed E-state index contributed by atoms with van der Waals surface area (Å²) >= 11 is 0.